The second-order valence-electron chi connectivity index (χ2n) is 10.7. The van der Waals surface area contributed by atoms with Crippen LogP contribution in [0.1, 0.15) is 51.4 Å². The Morgan fingerprint density at radius 1 is 1.19 bits per heavy atom. The molecule has 1 spiro atoms. The number of amides is 2. The highest BCUT2D eigenvalue weighted by Gasteiger charge is 2.54. The fourth-order valence-corrected chi connectivity index (χ4v) is 6.51. The molecule has 12 heteroatoms. The number of nitrogens with two attached hydrogens (primary N) is 1. The lowest BCUT2D eigenvalue weighted by Crippen LogP contribution is -2.53. The van der Waals surface area contributed by atoms with Gasteiger partial charge in [0, 0.05) is 36.8 Å². The van der Waals surface area contributed by atoms with Crippen LogP contribution in [0.3, 0.4) is 0 Å². The number of hydrogen-bond acceptors (Lipinski definition) is 6. The van der Waals surface area contributed by atoms with E-state index < -0.39 is 45.5 Å². The molecule has 1 fully saturated rings. The zero-order valence-corrected chi connectivity index (χ0v) is 24.1. The van der Waals surface area contributed by atoms with Gasteiger partial charge >= 0.3 is 0 Å². The zero-order valence-electron chi connectivity index (χ0n) is 22.5. The molecule has 1 aromatic heterocycles. The summed E-state index contributed by atoms with van der Waals surface area (Å²) in [6.45, 7) is 2.04. The van der Waals surface area contributed by atoms with Gasteiger partial charge in [0.25, 0.3) is 11.8 Å². The molecular weight excluding hydrogens is 614 g/mol. The quantitative estimate of drug-likeness (QED) is 0.247. The van der Waals surface area contributed by atoms with E-state index >= 15 is 0 Å². The maximum atomic E-state index is 14.5. The number of fused-ring (bicyclic) bond motifs is 5. The molecule has 6 rings (SSSR count). The van der Waals surface area contributed by atoms with Gasteiger partial charge in [-0.2, -0.15) is 5.06 Å². The van der Waals surface area contributed by atoms with Crippen molar-refractivity contribution in [3.63, 3.8) is 0 Å². The number of benzene rings is 2. The molecule has 3 aliphatic rings. The molecule has 0 radical (unpaired) electrons. The van der Waals surface area contributed by atoms with Crippen LogP contribution >= 0.6 is 15.9 Å². The molecule has 1 saturated heterocycles. The van der Waals surface area contributed by atoms with Crippen LogP contribution in [0.15, 0.2) is 71.7 Å². The Labute approximate surface area is 248 Å². The highest BCUT2D eigenvalue weighted by atomic mass is 79.9. The first-order chi connectivity index (χ1) is 20.1. The number of ether oxygens (including phenoxy) is 1. The summed E-state index contributed by atoms with van der Waals surface area (Å²) in [6, 6.07) is 11.5. The summed E-state index contributed by atoms with van der Waals surface area (Å²) in [5.41, 5.74) is 4.43. The Hall–Kier alpha value is -3.87. The number of pyridine rings is 1. The summed E-state index contributed by atoms with van der Waals surface area (Å²) < 4.78 is 35.6. The number of hydroxylamine groups is 2. The number of nitrogens with zero attached hydrogens (tertiary/aromatic N) is 3. The van der Waals surface area contributed by atoms with Crippen molar-refractivity contribution in [2.75, 3.05) is 6.54 Å². The number of aromatic nitrogens is 1. The fraction of sp³-hybridized carbons (Fsp3) is 0.300. The van der Waals surface area contributed by atoms with Gasteiger partial charge in [0.15, 0.2) is 11.4 Å². The van der Waals surface area contributed by atoms with E-state index in [1.165, 1.54) is 18.3 Å². The van der Waals surface area contributed by atoms with E-state index in [1.54, 1.807) is 14.5 Å². The van der Waals surface area contributed by atoms with E-state index in [2.05, 4.69) is 15.9 Å². The van der Waals surface area contributed by atoms with Gasteiger partial charge in [0.1, 0.15) is 29.4 Å². The summed E-state index contributed by atoms with van der Waals surface area (Å²) in [5.74, 6) is -3.04. The monoisotopic (exact) mass is 640 g/mol. The number of rotatable bonds is 6. The van der Waals surface area contributed by atoms with Gasteiger partial charge in [-0.3, -0.25) is 19.2 Å². The third-order valence-corrected chi connectivity index (χ3v) is 8.77. The molecule has 0 aliphatic carbocycles. The molecule has 0 saturated carbocycles. The molecule has 9 nitrogen and oxygen atoms in total. The third kappa shape index (κ3) is 4.83. The molecule has 3 aromatic rings. The minimum absolute atomic E-state index is 0.00939. The van der Waals surface area contributed by atoms with Gasteiger partial charge in [-0.05, 0) is 18.6 Å². The molecule has 2 aromatic carbocycles. The Morgan fingerprint density at radius 3 is 2.67 bits per heavy atom. The van der Waals surface area contributed by atoms with E-state index in [-0.39, 0.29) is 48.3 Å². The molecule has 4 heterocycles. The normalized spacial score (nSPS) is 25.0. The van der Waals surface area contributed by atoms with Crippen LogP contribution in [-0.4, -0.2) is 49.5 Å². The summed E-state index contributed by atoms with van der Waals surface area (Å²) >= 11 is 3.64. The van der Waals surface area contributed by atoms with Gasteiger partial charge in [0.05, 0.1) is 17.5 Å². The molecular formula is C30H27BrF2N4O5. The summed E-state index contributed by atoms with van der Waals surface area (Å²) in [4.78, 5) is 47.6. The second kappa shape index (κ2) is 10.8. The van der Waals surface area contributed by atoms with Crippen LogP contribution in [0.5, 0.6) is 5.75 Å². The average molecular weight is 641 g/mol. The molecule has 2 amide bonds. The third-order valence-electron chi connectivity index (χ3n) is 7.99. The lowest BCUT2D eigenvalue weighted by atomic mass is 9.88. The van der Waals surface area contributed by atoms with Crippen molar-refractivity contribution in [2.45, 2.75) is 49.1 Å². The zero-order chi connectivity index (χ0) is 29.8. The van der Waals surface area contributed by atoms with Crippen LogP contribution in [0.2, 0.25) is 0 Å². The minimum atomic E-state index is -1.08. The molecule has 4 atom stereocenters. The number of primary amides is 1. The predicted octanol–water partition coefficient (Wildman–Crippen LogP) is 4.06. The number of carbonyl (C=O) groups is 2. The van der Waals surface area contributed by atoms with Gasteiger partial charge in [0.2, 0.25) is 5.43 Å². The van der Waals surface area contributed by atoms with Crippen LogP contribution < -0.4 is 15.9 Å². The lowest BCUT2D eigenvalue weighted by Gasteiger charge is -2.42. The molecule has 2 bridgehead atoms. The van der Waals surface area contributed by atoms with Crippen LogP contribution in [0, 0.1) is 11.6 Å². The van der Waals surface area contributed by atoms with E-state index in [0.717, 1.165) is 11.6 Å². The van der Waals surface area contributed by atoms with E-state index in [4.69, 9.17) is 15.3 Å². The summed E-state index contributed by atoms with van der Waals surface area (Å²) in [7, 11) is 0. The van der Waals surface area contributed by atoms with Gasteiger partial charge in [-0.15, -0.1) is 0 Å². The Bertz CT molecular complexity index is 1670. The van der Waals surface area contributed by atoms with Gasteiger partial charge in [-0.25, -0.2) is 8.78 Å². The summed E-state index contributed by atoms with van der Waals surface area (Å²) in [5, 5.41) is 1.56. The predicted molar refractivity (Wildman–Crippen MR) is 152 cm³/mol. The van der Waals surface area contributed by atoms with Gasteiger partial charge in [-0.1, -0.05) is 64.5 Å². The van der Waals surface area contributed by atoms with Crippen molar-refractivity contribution >= 4 is 27.7 Å². The van der Waals surface area contributed by atoms with Crippen LogP contribution in [-0.2, 0) is 18.0 Å². The molecule has 218 valence electrons. The summed E-state index contributed by atoms with van der Waals surface area (Å²) in [6.07, 6.45) is 5.38. The Kier molecular flexibility index (Phi) is 7.24. The number of carbonyl (C=O) groups excluding carboxylic acids is 2. The Morgan fingerprint density at radius 2 is 1.95 bits per heavy atom. The molecule has 3 aliphatic heterocycles. The topological polar surface area (TPSA) is 107 Å². The molecule has 42 heavy (non-hydrogen) atoms. The highest BCUT2D eigenvalue weighted by Crippen LogP contribution is 2.47. The maximum Gasteiger partial charge on any atom is 0.275 e. The SMILES string of the molecule is C[C@H]1C=C[C@@]2(CC(Br)N(Cc3ccc(F)cc3F)O2)[C@H]2CN1C(=O)c1c(OCc3ccccc3)c(=O)c(C(N)=O)cn12. The largest absolute Gasteiger partial charge is 0.483 e. The molecule has 2 N–H and O–H groups in total. The van der Waals surface area contributed by atoms with Crippen molar-refractivity contribution in [1.29, 1.82) is 0 Å². The first-order valence-electron chi connectivity index (χ1n) is 13.4. The van der Waals surface area contributed by atoms with E-state index in [1.807, 2.05) is 49.4 Å². The van der Waals surface area contributed by atoms with Crippen LogP contribution in [0.25, 0.3) is 0 Å². The van der Waals surface area contributed by atoms with Crippen LogP contribution in [0.4, 0.5) is 8.78 Å². The van der Waals surface area contributed by atoms with Crippen molar-refractivity contribution < 1.29 is 27.9 Å². The van der Waals surface area contributed by atoms with Crippen molar-refractivity contribution in [3.8, 4) is 5.75 Å². The van der Waals surface area contributed by atoms with Crippen molar-refractivity contribution in [3.05, 3.63) is 111 Å². The second-order valence-corrected chi connectivity index (χ2v) is 11.7. The minimum Gasteiger partial charge on any atom is -0.483 e. The fourth-order valence-electron chi connectivity index (χ4n) is 5.78. The number of hydrogen-bond donors (Lipinski definition) is 1. The highest BCUT2D eigenvalue weighted by molar-refractivity contribution is 9.09. The maximum absolute atomic E-state index is 14.5. The lowest BCUT2D eigenvalue weighted by molar-refractivity contribution is -0.200. The smallest absolute Gasteiger partial charge is 0.275 e. The first-order valence-corrected chi connectivity index (χ1v) is 14.3. The van der Waals surface area contributed by atoms with E-state index in [0.29, 0.717) is 6.42 Å². The van der Waals surface area contributed by atoms with Gasteiger partial charge < -0.3 is 19.9 Å². The average Bonchev–Trinajstić information content (AvgIpc) is 3.22. The number of alkyl halides is 1. The van der Waals surface area contributed by atoms with Crippen molar-refractivity contribution in [2.24, 2.45) is 5.73 Å². The first kappa shape index (κ1) is 28.3. The van der Waals surface area contributed by atoms with Crippen molar-refractivity contribution in [1.82, 2.24) is 14.5 Å². The number of halogens is 3. The molecule has 1 unspecified atom stereocenters. The standard InChI is InChI=1S/C30H27BrF2N4O5/c1-17-9-10-30(12-24(31)37(42-30)13-19-7-8-20(32)11-22(19)33)23-15-35(17)29(40)25-27(41-16-18-5-3-2-4-6-18)26(38)21(28(34)39)14-36(23)25/h2-11,14,17,23-24H,12-13,15-16H2,1H3,(H2,34,39)/t17-,23+,24?,30+/m0/s1. The Balaban J connectivity index is 1.45. The van der Waals surface area contributed by atoms with E-state index in [9.17, 15) is 23.2 Å².